The molecule has 0 aliphatic heterocycles. The van der Waals surface area contributed by atoms with Gasteiger partial charge in [0.2, 0.25) is 5.91 Å². The number of benzene rings is 1. The van der Waals surface area contributed by atoms with Crippen molar-refractivity contribution in [1.29, 1.82) is 0 Å². The molecule has 1 amide bonds. The summed E-state index contributed by atoms with van der Waals surface area (Å²) >= 11 is 1.47. The van der Waals surface area contributed by atoms with Crippen molar-refractivity contribution in [2.24, 2.45) is 0 Å². The van der Waals surface area contributed by atoms with Gasteiger partial charge in [0, 0.05) is 11.8 Å². The summed E-state index contributed by atoms with van der Waals surface area (Å²) in [7, 11) is 0. The third kappa shape index (κ3) is 4.39. The molecule has 0 bridgehead atoms. The maximum atomic E-state index is 12.0. The molecule has 1 atom stereocenters. The highest BCUT2D eigenvalue weighted by Crippen LogP contribution is 2.18. The minimum absolute atomic E-state index is 0.221. The number of hydrogen-bond donors (Lipinski definition) is 2. The van der Waals surface area contributed by atoms with Gasteiger partial charge >= 0.3 is 5.97 Å². The number of amides is 1. The van der Waals surface area contributed by atoms with Gasteiger partial charge in [-0.1, -0.05) is 29.3 Å². The summed E-state index contributed by atoms with van der Waals surface area (Å²) in [5.74, 6) is -1.36. The Morgan fingerprint density at radius 1 is 1.27 bits per heavy atom. The SMILES string of the molecule is Cc1cc(C)cc(C(NC(=O)CCc2cscn2)C(=O)O)c1. The second-order valence-electron chi connectivity index (χ2n) is 5.24. The predicted molar refractivity (Wildman–Crippen MR) is 84.9 cm³/mol. The first kappa shape index (κ1) is 16.2. The Balaban J connectivity index is 2.05. The Bertz CT molecular complexity index is 648. The van der Waals surface area contributed by atoms with Crippen molar-refractivity contribution in [3.8, 4) is 0 Å². The van der Waals surface area contributed by atoms with Crippen LogP contribution in [0.4, 0.5) is 0 Å². The van der Waals surface area contributed by atoms with Crippen LogP contribution in [-0.2, 0) is 16.0 Å². The molecular weight excluding hydrogens is 300 g/mol. The molecule has 1 heterocycles. The molecular formula is C16H18N2O3S. The van der Waals surface area contributed by atoms with E-state index in [1.807, 2.05) is 25.3 Å². The highest BCUT2D eigenvalue weighted by Gasteiger charge is 2.22. The molecule has 0 aliphatic carbocycles. The largest absolute Gasteiger partial charge is 0.479 e. The number of carbonyl (C=O) groups is 2. The first-order chi connectivity index (χ1) is 10.5. The van der Waals surface area contributed by atoms with Gasteiger partial charge in [-0.15, -0.1) is 11.3 Å². The van der Waals surface area contributed by atoms with Crippen molar-refractivity contribution in [3.05, 3.63) is 51.5 Å². The maximum Gasteiger partial charge on any atom is 0.330 e. The maximum absolute atomic E-state index is 12.0. The Morgan fingerprint density at radius 3 is 2.50 bits per heavy atom. The lowest BCUT2D eigenvalue weighted by atomic mass is 10.0. The monoisotopic (exact) mass is 318 g/mol. The van der Waals surface area contributed by atoms with E-state index in [0.717, 1.165) is 16.8 Å². The van der Waals surface area contributed by atoms with Crippen molar-refractivity contribution in [1.82, 2.24) is 10.3 Å². The van der Waals surface area contributed by atoms with E-state index in [9.17, 15) is 14.7 Å². The van der Waals surface area contributed by atoms with Crippen LogP contribution in [0.1, 0.15) is 34.8 Å². The minimum Gasteiger partial charge on any atom is -0.479 e. The second kappa shape index (κ2) is 7.17. The summed E-state index contributed by atoms with van der Waals surface area (Å²) in [5, 5.41) is 13.9. The van der Waals surface area contributed by atoms with Crippen molar-refractivity contribution in [2.75, 3.05) is 0 Å². The van der Waals surface area contributed by atoms with Crippen molar-refractivity contribution in [3.63, 3.8) is 0 Å². The fraction of sp³-hybridized carbons (Fsp3) is 0.312. The molecule has 5 nitrogen and oxygen atoms in total. The van der Waals surface area contributed by atoms with Gasteiger partial charge in [-0.25, -0.2) is 9.78 Å². The molecule has 0 saturated heterocycles. The Kier molecular flexibility index (Phi) is 5.27. The molecule has 0 spiro atoms. The average Bonchev–Trinajstić information content (AvgIpc) is 2.94. The van der Waals surface area contributed by atoms with E-state index in [0.29, 0.717) is 12.0 Å². The summed E-state index contributed by atoms with van der Waals surface area (Å²) in [6.07, 6.45) is 0.729. The van der Waals surface area contributed by atoms with Crippen LogP contribution in [0.3, 0.4) is 0 Å². The van der Waals surface area contributed by atoms with Gasteiger partial charge in [0.25, 0.3) is 0 Å². The fourth-order valence-corrected chi connectivity index (χ4v) is 2.89. The highest BCUT2D eigenvalue weighted by molar-refractivity contribution is 7.07. The molecule has 116 valence electrons. The summed E-state index contributed by atoms with van der Waals surface area (Å²) in [6, 6.07) is 4.51. The Hall–Kier alpha value is -2.21. The summed E-state index contributed by atoms with van der Waals surface area (Å²) in [4.78, 5) is 27.6. The molecule has 22 heavy (non-hydrogen) atoms. The first-order valence-electron chi connectivity index (χ1n) is 6.93. The number of aliphatic carboxylic acids is 1. The molecule has 2 aromatic rings. The molecule has 1 aromatic carbocycles. The van der Waals surface area contributed by atoms with E-state index in [-0.39, 0.29) is 12.3 Å². The van der Waals surface area contributed by atoms with Crippen LogP contribution < -0.4 is 5.32 Å². The van der Waals surface area contributed by atoms with Gasteiger partial charge in [0.05, 0.1) is 11.2 Å². The summed E-state index contributed by atoms with van der Waals surface area (Å²) in [6.45, 7) is 3.80. The zero-order chi connectivity index (χ0) is 16.1. The van der Waals surface area contributed by atoms with Crippen molar-refractivity contribution >= 4 is 23.2 Å². The molecule has 0 aliphatic rings. The molecule has 1 unspecified atom stereocenters. The number of carboxylic acids is 1. The predicted octanol–water partition coefficient (Wildman–Crippen LogP) is 2.63. The molecule has 0 saturated carbocycles. The molecule has 2 rings (SSSR count). The van der Waals surface area contributed by atoms with Gasteiger partial charge < -0.3 is 10.4 Å². The molecule has 2 N–H and O–H groups in total. The minimum atomic E-state index is -1.06. The van der Waals surface area contributed by atoms with Crippen molar-refractivity contribution in [2.45, 2.75) is 32.7 Å². The summed E-state index contributed by atoms with van der Waals surface area (Å²) < 4.78 is 0. The fourth-order valence-electron chi connectivity index (χ4n) is 2.30. The van der Waals surface area contributed by atoms with Gasteiger partial charge in [0.15, 0.2) is 6.04 Å². The van der Waals surface area contributed by atoms with Gasteiger partial charge in [-0.3, -0.25) is 4.79 Å². The van der Waals surface area contributed by atoms with Gasteiger partial charge in [0.1, 0.15) is 0 Å². The lowest BCUT2D eigenvalue weighted by molar-refractivity contribution is -0.142. The number of carbonyl (C=O) groups excluding carboxylic acids is 1. The van der Waals surface area contributed by atoms with Crippen LogP contribution in [0.5, 0.6) is 0 Å². The van der Waals surface area contributed by atoms with E-state index in [4.69, 9.17) is 0 Å². The number of aromatic nitrogens is 1. The number of carboxylic acid groups (broad SMARTS) is 1. The van der Waals surface area contributed by atoms with E-state index in [1.165, 1.54) is 11.3 Å². The zero-order valence-electron chi connectivity index (χ0n) is 12.5. The van der Waals surface area contributed by atoms with Crippen LogP contribution in [0.25, 0.3) is 0 Å². The topological polar surface area (TPSA) is 79.3 Å². The number of rotatable bonds is 6. The van der Waals surface area contributed by atoms with E-state index in [1.54, 1.807) is 17.6 Å². The normalized spacial score (nSPS) is 11.9. The third-order valence-corrected chi connectivity index (χ3v) is 3.86. The molecule has 0 fully saturated rings. The highest BCUT2D eigenvalue weighted by atomic mass is 32.1. The average molecular weight is 318 g/mol. The number of nitrogens with zero attached hydrogens (tertiary/aromatic N) is 1. The van der Waals surface area contributed by atoms with E-state index in [2.05, 4.69) is 10.3 Å². The Labute approximate surface area is 133 Å². The lowest BCUT2D eigenvalue weighted by Crippen LogP contribution is -2.34. The molecule has 0 radical (unpaired) electrons. The lowest BCUT2D eigenvalue weighted by Gasteiger charge is -2.16. The summed E-state index contributed by atoms with van der Waals surface area (Å²) in [5.41, 5.74) is 5.09. The van der Waals surface area contributed by atoms with Gasteiger partial charge in [-0.05, 0) is 25.8 Å². The molecule has 1 aromatic heterocycles. The number of nitrogens with one attached hydrogen (secondary N) is 1. The van der Waals surface area contributed by atoms with Crippen molar-refractivity contribution < 1.29 is 14.7 Å². The Morgan fingerprint density at radius 2 is 1.95 bits per heavy atom. The quantitative estimate of drug-likeness (QED) is 0.858. The van der Waals surface area contributed by atoms with Crippen LogP contribution in [0.15, 0.2) is 29.1 Å². The smallest absolute Gasteiger partial charge is 0.330 e. The van der Waals surface area contributed by atoms with E-state index < -0.39 is 12.0 Å². The zero-order valence-corrected chi connectivity index (χ0v) is 13.3. The van der Waals surface area contributed by atoms with E-state index >= 15 is 0 Å². The van der Waals surface area contributed by atoms with Gasteiger partial charge in [-0.2, -0.15) is 0 Å². The number of aryl methyl sites for hydroxylation is 3. The second-order valence-corrected chi connectivity index (χ2v) is 5.96. The van der Waals surface area contributed by atoms with Crippen LogP contribution in [0.2, 0.25) is 0 Å². The third-order valence-electron chi connectivity index (χ3n) is 3.22. The van der Waals surface area contributed by atoms with Crippen LogP contribution in [0, 0.1) is 13.8 Å². The van der Waals surface area contributed by atoms with Crippen LogP contribution >= 0.6 is 11.3 Å². The number of hydrogen-bond acceptors (Lipinski definition) is 4. The number of thiazole rings is 1. The first-order valence-corrected chi connectivity index (χ1v) is 7.87. The van der Waals surface area contributed by atoms with Crippen LogP contribution in [-0.4, -0.2) is 22.0 Å². The standard InChI is InChI=1S/C16H18N2O3S/c1-10-5-11(2)7-12(6-10)15(16(20)21)18-14(19)4-3-13-8-22-9-17-13/h5-9,15H,3-4H2,1-2H3,(H,18,19)(H,20,21). The molecule has 6 heteroatoms.